The average Bonchev–Trinajstić information content (AvgIpc) is 2.64. The quantitative estimate of drug-likeness (QED) is 0.438. The first-order chi connectivity index (χ1) is 12.4. The zero-order valence-corrected chi connectivity index (χ0v) is 19.5. The molecule has 1 atom stereocenters. The molecule has 8 heteroatoms. The van der Waals surface area contributed by atoms with E-state index in [1.54, 1.807) is 24.3 Å². The molecule has 0 saturated carbocycles. The second-order valence-electron chi connectivity index (χ2n) is 6.07. The zero-order valence-electron chi connectivity index (χ0n) is 13.4. The summed E-state index contributed by atoms with van der Waals surface area (Å²) in [7, 11) is -3.65. The van der Waals surface area contributed by atoms with E-state index < -0.39 is 10.0 Å². The molecule has 0 bridgehead atoms. The predicted octanol–water partition coefficient (Wildman–Crippen LogP) is 5.26. The second-order valence-corrected chi connectivity index (χ2v) is 10.8. The predicted molar refractivity (Wildman–Crippen MR) is 119 cm³/mol. The molecule has 4 rings (SSSR count). The van der Waals surface area contributed by atoms with Gasteiger partial charge in [0.15, 0.2) is 0 Å². The molecule has 2 aromatic rings. The fraction of sp³-hybridized carbons (Fsp3) is 0.167. The van der Waals surface area contributed by atoms with Crippen molar-refractivity contribution in [2.24, 2.45) is 11.0 Å². The van der Waals surface area contributed by atoms with Gasteiger partial charge < -0.3 is 0 Å². The minimum absolute atomic E-state index is 0.138. The van der Waals surface area contributed by atoms with Crippen LogP contribution in [0.2, 0.25) is 0 Å². The van der Waals surface area contributed by atoms with E-state index in [-0.39, 0.29) is 10.8 Å². The van der Waals surface area contributed by atoms with Gasteiger partial charge in [0.25, 0.3) is 10.0 Å². The lowest BCUT2D eigenvalue weighted by Crippen LogP contribution is -2.37. The molecule has 1 aliphatic carbocycles. The fourth-order valence-corrected chi connectivity index (χ4v) is 5.59. The van der Waals surface area contributed by atoms with Gasteiger partial charge in [0.1, 0.15) is 0 Å². The zero-order chi connectivity index (χ0) is 18.5. The molecule has 2 aliphatic rings. The number of nitrogens with zero attached hydrogens (tertiary/aromatic N) is 2. The summed E-state index contributed by atoms with van der Waals surface area (Å²) in [6.45, 7) is 0.375. The monoisotopic (exact) mass is 606 g/mol. The van der Waals surface area contributed by atoms with Crippen molar-refractivity contribution in [3.05, 3.63) is 66.1 Å². The molecule has 0 radical (unpaired) electrons. The summed E-state index contributed by atoms with van der Waals surface area (Å²) in [5, 5.41) is 4.56. The van der Waals surface area contributed by atoms with Gasteiger partial charge in [-0.25, -0.2) is 0 Å². The Morgan fingerprint density at radius 2 is 1.85 bits per heavy atom. The number of halogens is 3. The highest BCUT2D eigenvalue weighted by Gasteiger charge is 2.33. The number of fused-ring (bicyclic) bond motifs is 3. The fourth-order valence-electron chi connectivity index (χ4n) is 3.14. The summed E-state index contributed by atoms with van der Waals surface area (Å²) < 4.78 is 30.1. The molecule has 0 fully saturated rings. The molecule has 134 valence electrons. The molecule has 1 aliphatic heterocycles. The Bertz CT molecular complexity index is 1050. The van der Waals surface area contributed by atoms with Crippen molar-refractivity contribution in [3.8, 4) is 0 Å². The number of allylic oxidation sites excluding steroid dienone is 1. The molecular formula is C18H13Br2IN2O2S. The molecule has 0 spiro atoms. The van der Waals surface area contributed by atoms with E-state index >= 15 is 0 Å². The van der Waals surface area contributed by atoms with Crippen LogP contribution in [0.15, 0.2) is 61.4 Å². The van der Waals surface area contributed by atoms with Crippen LogP contribution in [0, 0.1) is 9.49 Å². The van der Waals surface area contributed by atoms with Gasteiger partial charge >= 0.3 is 0 Å². The maximum atomic E-state index is 13.0. The number of hydrogen-bond acceptors (Lipinski definition) is 3. The number of sulfonamides is 1. The SMILES string of the molecule is O=S(=O)(c1ccc(I)cc1)N1CCC2C=Cc3c(ccc(Br)c3Br)C2=N1. The first kappa shape index (κ1) is 18.6. The Balaban J connectivity index is 1.79. The second kappa shape index (κ2) is 7.03. The molecule has 1 heterocycles. The lowest BCUT2D eigenvalue weighted by atomic mass is 9.85. The molecule has 2 aromatic carbocycles. The minimum atomic E-state index is -3.65. The maximum Gasteiger partial charge on any atom is 0.279 e. The molecule has 4 nitrogen and oxygen atoms in total. The largest absolute Gasteiger partial charge is 0.279 e. The number of hydrazone groups is 1. The van der Waals surface area contributed by atoms with Gasteiger partial charge in [0, 0.05) is 24.0 Å². The van der Waals surface area contributed by atoms with Crippen LogP contribution in [0.1, 0.15) is 17.5 Å². The Kier molecular flexibility index (Phi) is 5.04. The van der Waals surface area contributed by atoms with E-state index in [0.717, 1.165) is 29.4 Å². The van der Waals surface area contributed by atoms with Crippen LogP contribution in [0.5, 0.6) is 0 Å². The Labute approximate surface area is 182 Å². The van der Waals surface area contributed by atoms with Crippen molar-refractivity contribution in [3.63, 3.8) is 0 Å². The Morgan fingerprint density at radius 1 is 1.12 bits per heavy atom. The lowest BCUT2D eigenvalue weighted by molar-refractivity contribution is 0.393. The van der Waals surface area contributed by atoms with Crippen LogP contribution < -0.4 is 0 Å². The smallest absolute Gasteiger partial charge is 0.200 e. The maximum absolute atomic E-state index is 13.0. The van der Waals surface area contributed by atoms with E-state index in [2.05, 4.69) is 71.7 Å². The van der Waals surface area contributed by atoms with Crippen LogP contribution in [-0.4, -0.2) is 25.1 Å². The summed E-state index contributed by atoms with van der Waals surface area (Å²) in [6.07, 6.45) is 4.90. The van der Waals surface area contributed by atoms with Crippen molar-refractivity contribution in [2.75, 3.05) is 6.54 Å². The van der Waals surface area contributed by atoms with Gasteiger partial charge in [-0.3, -0.25) is 0 Å². The number of rotatable bonds is 2. The summed E-state index contributed by atoms with van der Waals surface area (Å²) in [4.78, 5) is 0.268. The van der Waals surface area contributed by atoms with Gasteiger partial charge in [-0.1, -0.05) is 18.2 Å². The number of benzene rings is 2. The third-order valence-corrected chi connectivity index (χ3v) is 8.95. The highest BCUT2D eigenvalue weighted by molar-refractivity contribution is 14.1. The van der Waals surface area contributed by atoms with Crippen molar-refractivity contribution in [1.82, 2.24) is 4.41 Å². The van der Waals surface area contributed by atoms with E-state index in [4.69, 9.17) is 0 Å². The van der Waals surface area contributed by atoms with E-state index in [1.807, 2.05) is 12.1 Å². The van der Waals surface area contributed by atoms with Crippen LogP contribution in [0.4, 0.5) is 0 Å². The normalized spacial score (nSPS) is 19.0. The average molecular weight is 608 g/mol. The Morgan fingerprint density at radius 3 is 2.58 bits per heavy atom. The molecule has 0 N–H and O–H groups in total. The third kappa shape index (κ3) is 3.18. The van der Waals surface area contributed by atoms with Crippen molar-refractivity contribution >= 4 is 76.3 Å². The summed E-state index contributed by atoms with van der Waals surface area (Å²) >= 11 is 9.27. The molecular weight excluding hydrogens is 595 g/mol. The first-order valence-electron chi connectivity index (χ1n) is 7.91. The van der Waals surface area contributed by atoms with E-state index in [9.17, 15) is 8.42 Å². The third-order valence-electron chi connectivity index (χ3n) is 4.49. The summed E-state index contributed by atoms with van der Waals surface area (Å²) in [6, 6.07) is 10.8. The Hall–Kier alpha value is -0.710. The standard InChI is InChI=1S/C18H13Br2IN2O2S/c19-16-8-7-15-14(17(16)20)6-1-11-9-10-23(22-18(11)15)26(24,25)13-4-2-12(21)3-5-13/h1-8,11H,9-10H2. The van der Waals surface area contributed by atoms with Gasteiger partial charge in [-0.2, -0.15) is 17.9 Å². The van der Waals surface area contributed by atoms with Gasteiger partial charge in [-0.15, -0.1) is 0 Å². The van der Waals surface area contributed by atoms with Crippen LogP contribution >= 0.6 is 54.5 Å². The van der Waals surface area contributed by atoms with Gasteiger partial charge in [0.05, 0.1) is 17.2 Å². The van der Waals surface area contributed by atoms with Crippen molar-refractivity contribution in [2.45, 2.75) is 11.3 Å². The molecule has 0 aromatic heterocycles. The summed E-state index contributed by atoms with van der Waals surface area (Å²) in [5.41, 5.74) is 2.79. The molecule has 0 amide bonds. The van der Waals surface area contributed by atoms with Crippen LogP contribution in [0.25, 0.3) is 6.08 Å². The van der Waals surface area contributed by atoms with Gasteiger partial charge in [-0.05, 0) is 96.8 Å². The lowest BCUT2D eigenvalue weighted by Gasteiger charge is -2.31. The molecule has 1 unspecified atom stereocenters. The number of hydrogen-bond donors (Lipinski definition) is 0. The van der Waals surface area contributed by atoms with Crippen LogP contribution in [0.3, 0.4) is 0 Å². The van der Waals surface area contributed by atoms with Crippen molar-refractivity contribution in [1.29, 1.82) is 0 Å². The van der Waals surface area contributed by atoms with E-state index in [1.165, 1.54) is 4.41 Å². The van der Waals surface area contributed by atoms with Crippen LogP contribution in [-0.2, 0) is 10.0 Å². The van der Waals surface area contributed by atoms with E-state index in [0.29, 0.717) is 13.0 Å². The highest BCUT2D eigenvalue weighted by Crippen LogP contribution is 2.37. The van der Waals surface area contributed by atoms with Gasteiger partial charge in [0.2, 0.25) is 0 Å². The van der Waals surface area contributed by atoms with Crippen molar-refractivity contribution < 1.29 is 8.42 Å². The first-order valence-corrected chi connectivity index (χ1v) is 12.0. The topological polar surface area (TPSA) is 49.7 Å². The molecule has 0 saturated heterocycles. The highest BCUT2D eigenvalue weighted by atomic mass is 127. The minimum Gasteiger partial charge on any atom is -0.200 e. The summed E-state index contributed by atoms with van der Waals surface area (Å²) in [5.74, 6) is 0.138. The molecule has 26 heavy (non-hydrogen) atoms.